The maximum absolute atomic E-state index is 12.9. The zero-order valence-electron chi connectivity index (χ0n) is 14.5. The first-order chi connectivity index (χ1) is 12.2. The van der Waals surface area contributed by atoms with Crippen LogP contribution >= 0.6 is 23.2 Å². The zero-order chi connectivity index (χ0) is 19.1. The summed E-state index contributed by atoms with van der Waals surface area (Å²) in [6.07, 6.45) is 1.84. The molecular formula is C19H19Cl2NO3S. The van der Waals surface area contributed by atoms with Crippen LogP contribution in [-0.2, 0) is 27.5 Å². The van der Waals surface area contributed by atoms with Crippen LogP contribution in [0, 0.1) is 0 Å². The fourth-order valence-electron chi connectivity index (χ4n) is 3.39. The molecular weight excluding hydrogens is 393 g/mol. The van der Waals surface area contributed by atoms with Crippen molar-refractivity contribution in [1.29, 1.82) is 0 Å². The van der Waals surface area contributed by atoms with Gasteiger partial charge >= 0.3 is 0 Å². The van der Waals surface area contributed by atoms with E-state index in [9.17, 15) is 13.2 Å². The van der Waals surface area contributed by atoms with Gasteiger partial charge in [-0.2, -0.15) is 0 Å². The number of carbonyl (C=O) groups is 1. The topological polar surface area (TPSA) is 54.5 Å². The maximum atomic E-state index is 12.9. The number of fused-ring (bicyclic) bond motifs is 1. The van der Waals surface area contributed by atoms with Crippen LogP contribution in [0.2, 0.25) is 10.0 Å². The summed E-state index contributed by atoms with van der Waals surface area (Å²) in [5.74, 6) is -0.124. The Labute approximate surface area is 163 Å². The van der Waals surface area contributed by atoms with Gasteiger partial charge in [-0.05, 0) is 42.2 Å². The minimum Gasteiger partial charge on any atom is -0.335 e. The molecule has 0 spiro atoms. The van der Waals surface area contributed by atoms with Gasteiger partial charge < -0.3 is 4.90 Å². The Kier molecular flexibility index (Phi) is 5.33. The van der Waals surface area contributed by atoms with Crippen molar-refractivity contribution in [3.05, 3.63) is 63.1 Å². The molecule has 0 bridgehead atoms. The lowest BCUT2D eigenvalue weighted by atomic mass is 9.93. The third-order valence-electron chi connectivity index (χ3n) is 4.79. The van der Waals surface area contributed by atoms with Gasteiger partial charge in [0.05, 0.1) is 22.4 Å². The van der Waals surface area contributed by atoms with Gasteiger partial charge in [-0.3, -0.25) is 4.79 Å². The van der Waals surface area contributed by atoms with Crippen molar-refractivity contribution in [2.45, 2.75) is 30.7 Å². The number of sulfone groups is 1. The number of rotatable bonds is 3. The highest BCUT2D eigenvalue weighted by Crippen LogP contribution is 2.34. The van der Waals surface area contributed by atoms with Crippen LogP contribution in [0.15, 0.2) is 41.3 Å². The zero-order valence-corrected chi connectivity index (χ0v) is 16.8. The van der Waals surface area contributed by atoms with Gasteiger partial charge in [0, 0.05) is 17.8 Å². The van der Waals surface area contributed by atoms with Crippen molar-refractivity contribution in [1.82, 2.24) is 4.90 Å². The molecule has 3 rings (SSSR count). The minimum atomic E-state index is -3.50. The van der Waals surface area contributed by atoms with E-state index in [2.05, 4.69) is 6.07 Å². The second kappa shape index (κ2) is 7.22. The molecule has 0 saturated carbocycles. The molecule has 0 aliphatic carbocycles. The summed E-state index contributed by atoms with van der Waals surface area (Å²) in [6, 6.07) is 10.9. The van der Waals surface area contributed by atoms with Crippen molar-refractivity contribution < 1.29 is 13.2 Å². The molecule has 4 nitrogen and oxygen atoms in total. The molecule has 26 heavy (non-hydrogen) atoms. The second-order valence-corrected chi connectivity index (χ2v) is 9.27. The standard InChI is InChI=1S/C19H19Cl2NO3S/c1-12-14-6-4-3-5-13(14)9-10-22(12)18(23)11-15-16(20)7-8-17(19(15)21)26(2,24)25/h3-8,12H,9-11H2,1-2H3. The molecule has 2 aromatic carbocycles. The van der Waals surface area contributed by atoms with Gasteiger partial charge in [-0.1, -0.05) is 47.5 Å². The van der Waals surface area contributed by atoms with Crippen LogP contribution < -0.4 is 0 Å². The average Bonchev–Trinajstić information content (AvgIpc) is 2.57. The van der Waals surface area contributed by atoms with Crippen LogP contribution in [-0.4, -0.2) is 32.0 Å². The van der Waals surface area contributed by atoms with Crippen molar-refractivity contribution in [2.24, 2.45) is 0 Å². The van der Waals surface area contributed by atoms with Crippen molar-refractivity contribution in [2.75, 3.05) is 12.8 Å². The highest BCUT2D eigenvalue weighted by molar-refractivity contribution is 7.90. The largest absolute Gasteiger partial charge is 0.335 e. The molecule has 0 fully saturated rings. The highest BCUT2D eigenvalue weighted by Gasteiger charge is 2.28. The lowest BCUT2D eigenvalue weighted by Crippen LogP contribution is -2.39. The van der Waals surface area contributed by atoms with E-state index < -0.39 is 9.84 Å². The molecule has 138 valence electrons. The molecule has 1 heterocycles. The summed E-state index contributed by atoms with van der Waals surface area (Å²) in [5.41, 5.74) is 2.74. The molecule has 1 atom stereocenters. The smallest absolute Gasteiger partial charge is 0.227 e. The number of amides is 1. The fraction of sp³-hybridized carbons (Fsp3) is 0.316. The summed E-state index contributed by atoms with van der Waals surface area (Å²) in [7, 11) is -3.50. The van der Waals surface area contributed by atoms with Gasteiger partial charge in [-0.15, -0.1) is 0 Å². The first kappa shape index (κ1) is 19.2. The summed E-state index contributed by atoms with van der Waals surface area (Å²) in [4.78, 5) is 14.7. The average molecular weight is 412 g/mol. The third kappa shape index (κ3) is 3.61. The van der Waals surface area contributed by atoms with Crippen LogP contribution in [0.3, 0.4) is 0 Å². The van der Waals surface area contributed by atoms with Crippen molar-refractivity contribution >= 4 is 38.9 Å². The normalized spacial score (nSPS) is 17.1. The summed E-state index contributed by atoms with van der Waals surface area (Å²) >= 11 is 12.5. The van der Waals surface area contributed by atoms with E-state index >= 15 is 0 Å². The Balaban J connectivity index is 1.90. The van der Waals surface area contributed by atoms with Crippen LogP contribution in [0.5, 0.6) is 0 Å². The molecule has 0 N–H and O–H groups in total. The summed E-state index contributed by atoms with van der Waals surface area (Å²) < 4.78 is 23.7. The molecule has 0 radical (unpaired) electrons. The van der Waals surface area contributed by atoms with E-state index in [1.165, 1.54) is 17.7 Å². The first-order valence-electron chi connectivity index (χ1n) is 8.24. The van der Waals surface area contributed by atoms with Gasteiger partial charge in [0.2, 0.25) is 5.91 Å². The van der Waals surface area contributed by atoms with E-state index in [0.717, 1.165) is 18.2 Å². The van der Waals surface area contributed by atoms with Crippen LogP contribution in [0.4, 0.5) is 0 Å². The minimum absolute atomic E-state index is 0.0107. The Morgan fingerprint density at radius 3 is 2.58 bits per heavy atom. The van der Waals surface area contributed by atoms with E-state index in [0.29, 0.717) is 17.1 Å². The Hall–Kier alpha value is -1.56. The van der Waals surface area contributed by atoms with E-state index in [-0.39, 0.29) is 28.3 Å². The molecule has 1 unspecified atom stereocenters. The van der Waals surface area contributed by atoms with Crippen molar-refractivity contribution in [3.8, 4) is 0 Å². The fourth-order valence-corrected chi connectivity index (χ4v) is 5.08. The summed E-state index contributed by atoms with van der Waals surface area (Å²) in [6.45, 7) is 2.60. The van der Waals surface area contributed by atoms with Gasteiger partial charge in [0.1, 0.15) is 0 Å². The highest BCUT2D eigenvalue weighted by atomic mass is 35.5. The van der Waals surface area contributed by atoms with E-state index in [1.807, 2.05) is 25.1 Å². The number of carbonyl (C=O) groups excluding carboxylic acids is 1. The predicted octanol–water partition coefficient (Wildman–Crippen LogP) is 4.09. The number of halogens is 2. The van der Waals surface area contributed by atoms with Crippen LogP contribution in [0.25, 0.3) is 0 Å². The third-order valence-corrected chi connectivity index (χ3v) is 6.83. The van der Waals surface area contributed by atoms with Crippen molar-refractivity contribution in [3.63, 3.8) is 0 Å². The Bertz CT molecular complexity index is 973. The van der Waals surface area contributed by atoms with E-state index in [1.54, 1.807) is 4.90 Å². The number of benzene rings is 2. The Morgan fingerprint density at radius 2 is 1.88 bits per heavy atom. The monoisotopic (exact) mass is 411 g/mol. The second-order valence-electron chi connectivity index (χ2n) is 6.50. The lowest BCUT2D eigenvalue weighted by Gasteiger charge is -2.35. The molecule has 0 saturated heterocycles. The molecule has 0 aromatic heterocycles. The first-order valence-corrected chi connectivity index (χ1v) is 10.9. The van der Waals surface area contributed by atoms with E-state index in [4.69, 9.17) is 23.2 Å². The Morgan fingerprint density at radius 1 is 1.19 bits per heavy atom. The summed E-state index contributed by atoms with van der Waals surface area (Å²) in [5, 5.41) is 0.319. The van der Waals surface area contributed by atoms with Crippen LogP contribution in [0.1, 0.15) is 29.7 Å². The maximum Gasteiger partial charge on any atom is 0.227 e. The van der Waals surface area contributed by atoms with Gasteiger partial charge in [-0.25, -0.2) is 8.42 Å². The number of hydrogen-bond acceptors (Lipinski definition) is 3. The molecule has 7 heteroatoms. The molecule has 1 aliphatic rings. The SMILES string of the molecule is CC1c2ccccc2CCN1C(=O)Cc1c(Cl)ccc(S(C)(=O)=O)c1Cl. The molecule has 1 amide bonds. The number of nitrogens with zero attached hydrogens (tertiary/aromatic N) is 1. The van der Waals surface area contributed by atoms with Gasteiger partial charge in [0.25, 0.3) is 0 Å². The lowest BCUT2D eigenvalue weighted by molar-refractivity contribution is -0.133. The van der Waals surface area contributed by atoms with Gasteiger partial charge in [0.15, 0.2) is 9.84 Å². The predicted molar refractivity (Wildman–Crippen MR) is 104 cm³/mol. The number of hydrogen-bond donors (Lipinski definition) is 0. The quantitative estimate of drug-likeness (QED) is 0.763. The molecule has 2 aromatic rings. The molecule has 1 aliphatic heterocycles.